The fourth-order valence-electron chi connectivity index (χ4n) is 2.94. The van der Waals surface area contributed by atoms with E-state index >= 15 is 0 Å². The highest BCUT2D eigenvalue weighted by Gasteiger charge is 2.13. The number of carbonyl (C=O) groups is 2. The van der Waals surface area contributed by atoms with Gasteiger partial charge in [0.15, 0.2) is 0 Å². The molecule has 0 atom stereocenters. The van der Waals surface area contributed by atoms with Gasteiger partial charge >= 0.3 is 5.97 Å². The van der Waals surface area contributed by atoms with Crippen molar-refractivity contribution in [2.75, 3.05) is 11.9 Å². The van der Waals surface area contributed by atoms with Crippen LogP contribution >= 0.6 is 27.5 Å². The molecule has 1 N–H and O–H groups in total. The van der Waals surface area contributed by atoms with Gasteiger partial charge in [-0.2, -0.15) is 5.26 Å². The van der Waals surface area contributed by atoms with Gasteiger partial charge in [-0.15, -0.1) is 0 Å². The van der Waals surface area contributed by atoms with Gasteiger partial charge in [-0.05, 0) is 61.5 Å². The third kappa shape index (κ3) is 6.70. The molecular formula is C26H20BrClN2O4. The molecule has 0 radical (unpaired) electrons. The summed E-state index contributed by atoms with van der Waals surface area (Å²) in [6, 6.07) is 20.7. The SMILES string of the molecule is CCOC(=O)c1ccc(NC(=O)/C(C#N)=C/c2cc(Cl)ccc2OCc2ccccc2Br)cc1. The van der Waals surface area contributed by atoms with E-state index in [4.69, 9.17) is 21.1 Å². The molecule has 0 bridgehead atoms. The molecule has 1 amide bonds. The van der Waals surface area contributed by atoms with Crippen LogP contribution in [0.5, 0.6) is 5.75 Å². The summed E-state index contributed by atoms with van der Waals surface area (Å²) in [6.45, 7) is 2.27. The molecule has 0 fully saturated rings. The lowest BCUT2D eigenvalue weighted by atomic mass is 10.1. The van der Waals surface area contributed by atoms with E-state index in [1.807, 2.05) is 30.3 Å². The Hall–Kier alpha value is -3.60. The van der Waals surface area contributed by atoms with E-state index in [1.165, 1.54) is 18.2 Å². The van der Waals surface area contributed by atoms with Gasteiger partial charge in [0.2, 0.25) is 0 Å². The van der Waals surface area contributed by atoms with Gasteiger partial charge in [-0.1, -0.05) is 45.7 Å². The van der Waals surface area contributed by atoms with E-state index in [9.17, 15) is 14.9 Å². The minimum atomic E-state index is -0.608. The van der Waals surface area contributed by atoms with Crippen LogP contribution in [-0.4, -0.2) is 18.5 Å². The summed E-state index contributed by atoms with van der Waals surface area (Å²) in [5, 5.41) is 12.7. The van der Waals surface area contributed by atoms with E-state index < -0.39 is 11.9 Å². The summed E-state index contributed by atoms with van der Waals surface area (Å²) in [4.78, 5) is 24.5. The van der Waals surface area contributed by atoms with Crippen molar-refractivity contribution in [2.45, 2.75) is 13.5 Å². The number of anilines is 1. The Kier molecular flexibility index (Phi) is 8.86. The van der Waals surface area contributed by atoms with Crippen LogP contribution in [0.1, 0.15) is 28.4 Å². The minimum Gasteiger partial charge on any atom is -0.488 e. The molecule has 0 saturated carbocycles. The third-order valence-corrected chi connectivity index (χ3v) is 5.64. The van der Waals surface area contributed by atoms with E-state index in [2.05, 4.69) is 21.2 Å². The normalized spacial score (nSPS) is 10.8. The van der Waals surface area contributed by atoms with Crippen molar-refractivity contribution < 1.29 is 19.1 Å². The first kappa shape index (κ1) is 25.0. The van der Waals surface area contributed by atoms with Crippen LogP contribution in [0.25, 0.3) is 6.08 Å². The largest absolute Gasteiger partial charge is 0.488 e. The quantitative estimate of drug-likeness (QED) is 0.203. The number of carbonyl (C=O) groups excluding carboxylic acids is 2. The number of esters is 1. The zero-order chi connectivity index (χ0) is 24.5. The van der Waals surface area contributed by atoms with E-state index in [-0.39, 0.29) is 18.8 Å². The average molecular weight is 540 g/mol. The van der Waals surface area contributed by atoms with Crippen LogP contribution in [-0.2, 0) is 16.1 Å². The van der Waals surface area contributed by atoms with Crippen molar-refractivity contribution in [3.05, 3.63) is 98.5 Å². The van der Waals surface area contributed by atoms with Gasteiger partial charge in [-0.25, -0.2) is 4.79 Å². The molecule has 6 nitrogen and oxygen atoms in total. The topological polar surface area (TPSA) is 88.4 Å². The fourth-order valence-corrected chi connectivity index (χ4v) is 3.52. The molecule has 3 aromatic rings. The number of ether oxygens (including phenoxy) is 2. The van der Waals surface area contributed by atoms with Crippen molar-refractivity contribution in [2.24, 2.45) is 0 Å². The van der Waals surface area contributed by atoms with Crippen LogP contribution in [0.2, 0.25) is 5.02 Å². The monoisotopic (exact) mass is 538 g/mol. The van der Waals surface area contributed by atoms with Gasteiger partial charge in [0.25, 0.3) is 5.91 Å². The molecule has 3 aromatic carbocycles. The maximum absolute atomic E-state index is 12.7. The number of nitrogens with one attached hydrogen (secondary N) is 1. The number of amides is 1. The standard InChI is InChI=1S/C26H20BrClN2O4/c1-2-33-26(32)17-7-10-22(11-8-17)30-25(31)20(15-29)13-19-14-21(28)9-12-24(19)34-16-18-5-3-4-6-23(18)27/h3-14H,2,16H2,1H3,(H,30,31)/b20-13+. The lowest BCUT2D eigenvalue weighted by Gasteiger charge is -2.11. The lowest BCUT2D eigenvalue weighted by Crippen LogP contribution is -2.14. The first-order valence-electron chi connectivity index (χ1n) is 10.3. The Labute approximate surface area is 210 Å². The Morgan fingerprint density at radius 3 is 2.53 bits per heavy atom. The average Bonchev–Trinajstić information content (AvgIpc) is 2.83. The molecular weight excluding hydrogens is 520 g/mol. The van der Waals surface area contributed by atoms with E-state index in [0.717, 1.165) is 10.0 Å². The summed E-state index contributed by atoms with van der Waals surface area (Å²) >= 11 is 9.63. The maximum atomic E-state index is 12.7. The maximum Gasteiger partial charge on any atom is 0.338 e. The van der Waals surface area contributed by atoms with Crippen LogP contribution in [0.15, 0.2) is 76.8 Å². The van der Waals surface area contributed by atoms with Crippen molar-refractivity contribution in [1.29, 1.82) is 5.26 Å². The second-order valence-corrected chi connectivity index (χ2v) is 8.27. The molecule has 3 rings (SSSR count). The second kappa shape index (κ2) is 12.0. The van der Waals surface area contributed by atoms with E-state index in [1.54, 1.807) is 37.3 Å². The molecule has 0 aliphatic heterocycles. The van der Waals surface area contributed by atoms with Gasteiger partial charge in [0.1, 0.15) is 24.0 Å². The third-order valence-electron chi connectivity index (χ3n) is 4.63. The first-order valence-corrected chi connectivity index (χ1v) is 11.4. The fraction of sp³-hybridized carbons (Fsp3) is 0.115. The molecule has 172 valence electrons. The van der Waals surface area contributed by atoms with Crippen molar-refractivity contribution in [3.63, 3.8) is 0 Å². The van der Waals surface area contributed by atoms with Crippen molar-refractivity contribution in [1.82, 2.24) is 0 Å². The van der Waals surface area contributed by atoms with Crippen molar-refractivity contribution in [3.8, 4) is 11.8 Å². The Morgan fingerprint density at radius 1 is 1.12 bits per heavy atom. The molecule has 0 aliphatic rings. The number of nitrogens with zero attached hydrogens (tertiary/aromatic N) is 1. The number of rotatable bonds is 8. The number of nitriles is 1. The molecule has 0 saturated heterocycles. The highest BCUT2D eigenvalue weighted by atomic mass is 79.9. The molecule has 8 heteroatoms. The Balaban J connectivity index is 1.78. The summed E-state index contributed by atoms with van der Waals surface area (Å²) in [5.41, 5.74) is 2.08. The highest BCUT2D eigenvalue weighted by Crippen LogP contribution is 2.27. The van der Waals surface area contributed by atoms with Gasteiger partial charge in [0, 0.05) is 26.3 Å². The zero-order valence-corrected chi connectivity index (χ0v) is 20.5. The molecule has 0 aliphatic carbocycles. The number of benzene rings is 3. The van der Waals surface area contributed by atoms with E-state index in [0.29, 0.717) is 27.6 Å². The predicted molar refractivity (Wildman–Crippen MR) is 135 cm³/mol. The number of halogens is 2. The molecule has 0 heterocycles. The molecule has 34 heavy (non-hydrogen) atoms. The highest BCUT2D eigenvalue weighted by molar-refractivity contribution is 9.10. The van der Waals surface area contributed by atoms with Crippen LogP contribution in [0, 0.1) is 11.3 Å². The summed E-state index contributed by atoms with van der Waals surface area (Å²) in [5.74, 6) is -0.586. The first-order chi connectivity index (χ1) is 16.4. The Morgan fingerprint density at radius 2 is 1.85 bits per heavy atom. The Bertz CT molecular complexity index is 1270. The van der Waals surface area contributed by atoms with Gasteiger partial charge in [-0.3, -0.25) is 4.79 Å². The number of hydrogen-bond donors (Lipinski definition) is 1. The van der Waals surface area contributed by atoms with Crippen LogP contribution < -0.4 is 10.1 Å². The van der Waals surface area contributed by atoms with Crippen molar-refractivity contribution >= 4 is 51.2 Å². The van der Waals surface area contributed by atoms with Gasteiger partial charge < -0.3 is 14.8 Å². The summed E-state index contributed by atoms with van der Waals surface area (Å²) in [6.07, 6.45) is 1.42. The van der Waals surface area contributed by atoms with Crippen LogP contribution in [0.3, 0.4) is 0 Å². The second-order valence-electron chi connectivity index (χ2n) is 6.98. The molecule has 0 spiro atoms. The summed E-state index contributed by atoms with van der Waals surface area (Å²) < 4.78 is 11.8. The number of hydrogen-bond acceptors (Lipinski definition) is 5. The molecule has 0 aromatic heterocycles. The van der Waals surface area contributed by atoms with Gasteiger partial charge in [0.05, 0.1) is 12.2 Å². The summed E-state index contributed by atoms with van der Waals surface area (Å²) in [7, 11) is 0. The minimum absolute atomic E-state index is 0.137. The zero-order valence-electron chi connectivity index (χ0n) is 18.2. The molecule has 0 unspecified atom stereocenters. The smallest absolute Gasteiger partial charge is 0.338 e. The lowest BCUT2D eigenvalue weighted by molar-refractivity contribution is -0.112. The van der Waals surface area contributed by atoms with Crippen LogP contribution in [0.4, 0.5) is 5.69 Å². The predicted octanol–water partition coefficient (Wildman–Crippen LogP) is 6.40.